The molecule has 2 aromatic carbocycles. The van der Waals surface area contributed by atoms with E-state index in [9.17, 15) is 9.59 Å². The van der Waals surface area contributed by atoms with Crippen LogP contribution in [0.25, 0.3) is 5.69 Å². The van der Waals surface area contributed by atoms with Crippen LogP contribution in [0.3, 0.4) is 0 Å². The molecule has 0 aliphatic heterocycles. The summed E-state index contributed by atoms with van der Waals surface area (Å²) in [5.74, 6) is -0.826. The molecule has 7 nitrogen and oxygen atoms in total. The zero-order valence-corrected chi connectivity index (χ0v) is 14.8. The number of nitrogens with zero attached hydrogens (tertiary/aromatic N) is 4. The minimum atomic E-state index is -0.882. The number of ether oxygens (including phenoxy) is 1. The monoisotopic (exact) mass is 400 g/mol. The first kappa shape index (κ1) is 17.0. The standard InChI is InChI=1S/C17H13BrN4O3/c1-11(16(23)12-2-6-14(18)7-3-12)25-17(24)13-4-8-15(9-5-13)22-10-19-20-21-22/h2-11H,1H3/t11-/m0/s1. The highest BCUT2D eigenvalue weighted by Crippen LogP contribution is 2.15. The minimum Gasteiger partial charge on any atom is -0.451 e. The summed E-state index contributed by atoms with van der Waals surface area (Å²) in [4.78, 5) is 24.5. The van der Waals surface area contributed by atoms with Gasteiger partial charge in [-0.1, -0.05) is 28.1 Å². The normalized spacial score (nSPS) is 11.8. The molecule has 1 atom stereocenters. The van der Waals surface area contributed by atoms with Crippen molar-refractivity contribution in [3.8, 4) is 5.69 Å². The quantitative estimate of drug-likeness (QED) is 0.483. The molecule has 0 aliphatic carbocycles. The fourth-order valence-corrected chi connectivity index (χ4v) is 2.43. The Labute approximate surface area is 151 Å². The zero-order valence-electron chi connectivity index (χ0n) is 13.2. The number of benzene rings is 2. The third-order valence-electron chi connectivity index (χ3n) is 3.50. The average Bonchev–Trinajstić information content (AvgIpc) is 3.16. The van der Waals surface area contributed by atoms with E-state index in [4.69, 9.17) is 4.74 Å². The highest BCUT2D eigenvalue weighted by Gasteiger charge is 2.20. The maximum Gasteiger partial charge on any atom is 0.338 e. The fourth-order valence-electron chi connectivity index (χ4n) is 2.16. The van der Waals surface area contributed by atoms with E-state index in [0.29, 0.717) is 16.8 Å². The molecule has 0 saturated heterocycles. The van der Waals surface area contributed by atoms with Gasteiger partial charge in [0.1, 0.15) is 6.33 Å². The molecular weight excluding hydrogens is 388 g/mol. The smallest absolute Gasteiger partial charge is 0.338 e. The molecule has 0 fully saturated rings. The topological polar surface area (TPSA) is 87.0 Å². The summed E-state index contributed by atoms with van der Waals surface area (Å²) in [5, 5.41) is 10.9. The van der Waals surface area contributed by atoms with Crippen LogP contribution in [-0.4, -0.2) is 38.1 Å². The van der Waals surface area contributed by atoms with Crippen LogP contribution < -0.4 is 0 Å². The number of tetrazole rings is 1. The van der Waals surface area contributed by atoms with Gasteiger partial charge in [-0.2, -0.15) is 0 Å². The van der Waals surface area contributed by atoms with E-state index in [-0.39, 0.29) is 5.78 Å². The molecule has 3 aromatic rings. The number of carbonyl (C=O) groups excluding carboxylic acids is 2. The van der Waals surface area contributed by atoms with Crippen LogP contribution in [0.1, 0.15) is 27.6 Å². The van der Waals surface area contributed by atoms with Crippen molar-refractivity contribution >= 4 is 27.7 Å². The first-order chi connectivity index (χ1) is 12.0. The molecule has 3 rings (SSSR count). The molecule has 0 radical (unpaired) electrons. The first-order valence-corrected chi connectivity index (χ1v) is 8.18. The lowest BCUT2D eigenvalue weighted by Crippen LogP contribution is -2.24. The minimum absolute atomic E-state index is 0.258. The van der Waals surface area contributed by atoms with Crippen LogP contribution >= 0.6 is 15.9 Å². The van der Waals surface area contributed by atoms with E-state index in [1.165, 1.54) is 11.0 Å². The van der Waals surface area contributed by atoms with Crippen molar-refractivity contribution in [1.82, 2.24) is 20.2 Å². The summed E-state index contributed by atoms with van der Waals surface area (Å²) in [6.07, 6.45) is 0.569. The first-order valence-electron chi connectivity index (χ1n) is 7.39. The Morgan fingerprint density at radius 1 is 1.04 bits per heavy atom. The number of ketones is 1. The molecular formula is C17H13BrN4O3. The van der Waals surface area contributed by atoms with Gasteiger partial charge in [0, 0.05) is 10.0 Å². The summed E-state index contributed by atoms with van der Waals surface area (Å²) >= 11 is 3.31. The Bertz CT molecular complexity index is 877. The van der Waals surface area contributed by atoms with E-state index >= 15 is 0 Å². The Morgan fingerprint density at radius 3 is 2.28 bits per heavy atom. The van der Waals surface area contributed by atoms with Gasteiger partial charge in [-0.15, -0.1) is 5.10 Å². The van der Waals surface area contributed by atoms with Crippen molar-refractivity contribution in [3.63, 3.8) is 0 Å². The molecule has 0 unspecified atom stereocenters. The number of Topliss-reactive ketones (excluding diaryl/α,β-unsaturated/α-hetero) is 1. The van der Waals surface area contributed by atoms with Crippen molar-refractivity contribution in [2.45, 2.75) is 13.0 Å². The van der Waals surface area contributed by atoms with E-state index in [2.05, 4.69) is 31.5 Å². The predicted molar refractivity (Wildman–Crippen MR) is 92.5 cm³/mol. The third kappa shape index (κ3) is 3.97. The van der Waals surface area contributed by atoms with Gasteiger partial charge in [0.05, 0.1) is 11.3 Å². The molecule has 25 heavy (non-hydrogen) atoms. The second-order valence-corrected chi connectivity index (χ2v) is 6.14. The summed E-state index contributed by atoms with van der Waals surface area (Å²) in [7, 11) is 0. The SMILES string of the molecule is C[C@H](OC(=O)c1ccc(-n2cnnn2)cc1)C(=O)c1ccc(Br)cc1. The van der Waals surface area contributed by atoms with Gasteiger partial charge >= 0.3 is 5.97 Å². The van der Waals surface area contributed by atoms with Crippen LogP contribution in [0.15, 0.2) is 59.3 Å². The fraction of sp³-hybridized carbons (Fsp3) is 0.118. The number of hydrogen-bond acceptors (Lipinski definition) is 6. The maximum atomic E-state index is 12.3. The van der Waals surface area contributed by atoms with Gasteiger partial charge in [0.2, 0.25) is 5.78 Å². The van der Waals surface area contributed by atoms with Crippen LogP contribution in [-0.2, 0) is 4.74 Å². The molecule has 1 aromatic heterocycles. The largest absolute Gasteiger partial charge is 0.451 e. The zero-order chi connectivity index (χ0) is 17.8. The highest BCUT2D eigenvalue weighted by molar-refractivity contribution is 9.10. The van der Waals surface area contributed by atoms with Gasteiger partial charge in [-0.05, 0) is 53.7 Å². The Hall–Kier alpha value is -2.87. The summed E-state index contributed by atoms with van der Waals surface area (Å²) < 4.78 is 7.60. The van der Waals surface area contributed by atoms with Gasteiger partial charge < -0.3 is 4.74 Å². The number of hydrogen-bond donors (Lipinski definition) is 0. The van der Waals surface area contributed by atoms with Crippen molar-refractivity contribution in [2.75, 3.05) is 0 Å². The summed E-state index contributed by atoms with van der Waals surface area (Å²) in [6.45, 7) is 1.55. The average molecular weight is 401 g/mol. The number of rotatable bonds is 5. The molecule has 1 heterocycles. The molecule has 0 aliphatic rings. The van der Waals surface area contributed by atoms with Crippen LogP contribution in [0.5, 0.6) is 0 Å². The lowest BCUT2D eigenvalue weighted by atomic mass is 10.1. The van der Waals surface area contributed by atoms with Crippen molar-refractivity contribution in [2.24, 2.45) is 0 Å². The highest BCUT2D eigenvalue weighted by atomic mass is 79.9. The summed E-state index contributed by atoms with van der Waals surface area (Å²) in [5.41, 5.74) is 1.53. The van der Waals surface area contributed by atoms with Crippen molar-refractivity contribution < 1.29 is 14.3 Å². The number of esters is 1. The predicted octanol–water partition coefficient (Wildman–Crippen LogP) is 2.85. The Morgan fingerprint density at radius 2 is 1.68 bits per heavy atom. The van der Waals surface area contributed by atoms with Crippen LogP contribution in [0.4, 0.5) is 0 Å². The Kier molecular flexibility index (Phi) is 4.99. The van der Waals surface area contributed by atoms with Gasteiger partial charge in [-0.25, -0.2) is 9.48 Å². The molecule has 126 valence electrons. The Balaban J connectivity index is 1.67. The van der Waals surface area contributed by atoms with E-state index in [1.807, 2.05) is 0 Å². The number of carbonyl (C=O) groups is 2. The van der Waals surface area contributed by atoms with E-state index in [1.54, 1.807) is 55.5 Å². The molecule has 0 saturated carbocycles. The maximum absolute atomic E-state index is 12.3. The van der Waals surface area contributed by atoms with E-state index < -0.39 is 12.1 Å². The third-order valence-corrected chi connectivity index (χ3v) is 4.03. The number of halogens is 1. The lowest BCUT2D eigenvalue weighted by molar-refractivity contribution is 0.0319. The molecule has 0 amide bonds. The van der Waals surface area contributed by atoms with Crippen molar-refractivity contribution in [1.29, 1.82) is 0 Å². The molecule has 0 spiro atoms. The van der Waals surface area contributed by atoms with Gasteiger partial charge in [0.15, 0.2) is 6.10 Å². The second-order valence-electron chi connectivity index (χ2n) is 5.22. The number of aromatic nitrogens is 4. The van der Waals surface area contributed by atoms with Gasteiger partial charge in [-0.3, -0.25) is 4.79 Å². The van der Waals surface area contributed by atoms with Crippen LogP contribution in [0.2, 0.25) is 0 Å². The molecule has 8 heteroatoms. The molecule has 0 bridgehead atoms. The van der Waals surface area contributed by atoms with Gasteiger partial charge in [0.25, 0.3) is 0 Å². The second kappa shape index (κ2) is 7.35. The van der Waals surface area contributed by atoms with Crippen LogP contribution in [0, 0.1) is 0 Å². The van der Waals surface area contributed by atoms with E-state index in [0.717, 1.165) is 4.47 Å². The lowest BCUT2D eigenvalue weighted by Gasteiger charge is -2.12. The molecule has 0 N–H and O–H groups in total. The van der Waals surface area contributed by atoms with Crippen molar-refractivity contribution in [3.05, 3.63) is 70.5 Å². The summed E-state index contributed by atoms with van der Waals surface area (Å²) in [6, 6.07) is 13.4.